The van der Waals surface area contributed by atoms with Crippen LogP contribution in [0.25, 0.3) is 0 Å². The lowest BCUT2D eigenvalue weighted by Crippen LogP contribution is -2.34. The van der Waals surface area contributed by atoms with E-state index in [9.17, 15) is 9.59 Å². The molecular weight excluding hydrogens is 242 g/mol. The first-order chi connectivity index (χ1) is 9.13. The van der Waals surface area contributed by atoms with E-state index in [1.807, 2.05) is 19.1 Å². The maximum absolute atomic E-state index is 11.7. The van der Waals surface area contributed by atoms with Crippen molar-refractivity contribution >= 4 is 11.8 Å². The average molecular weight is 263 g/mol. The van der Waals surface area contributed by atoms with Crippen molar-refractivity contribution in [3.05, 3.63) is 30.1 Å². The first kappa shape index (κ1) is 15.1. The minimum atomic E-state index is -0.0424. The fourth-order valence-electron chi connectivity index (χ4n) is 1.72. The van der Waals surface area contributed by atoms with E-state index in [0.717, 1.165) is 12.0 Å². The van der Waals surface area contributed by atoms with Gasteiger partial charge < -0.3 is 10.2 Å². The summed E-state index contributed by atoms with van der Waals surface area (Å²) in [5.74, 6) is -0.0250. The second-order valence-electron chi connectivity index (χ2n) is 4.39. The molecule has 0 fully saturated rings. The molecular formula is C14H21N3O2. The number of carbonyl (C=O) groups is 2. The molecule has 0 aliphatic heterocycles. The zero-order valence-corrected chi connectivity index (χ0v) is 11.6. The molecule has 0 spiro atoms. The molecule has 1 aromatic rings. The van der Waals surface area contributed by atoms with Crippen molar-refractivity contribution in [2.45, 2.75) is 33.2 Å². The molecule has 2 amide bonds. The predicted molar refractivity (Wildman–Crippen MR) is 73.2 cm³/mol. The van der Waals surface area contributed by atoms with E-state index >= 15 is 0 Å². The smallest absolute Gasteiger partial charge is 0.222 e. The highest BCUT2D eigenvalue weighted by atomic mass is 16.2. The number of aromatic nitrogens is 1. The second-order valence-corrected chi connectivity index (χ2v) is 4.39. The number of nitrogens with one attached hydrogen (secondary N) is 1. The van der Waals surface area contributed by atoms with Crippen LogP contribution in [0.3, 0.4) is 0 Å². The topological polar surface area (TPSA) is 62.3 Å². The van der Waals surface area contributed by atoms with E-state index in [2.05, 4.69) is 10.3 Å². The van der Waals surface area contributed by atoms with E-state index < -0.39 is 0 Å². The normalized spacial score (nSPS) is 10.0. The molecule has 1 N–H and O–H groups in total. The van der Waals surface area contributed by atoms with Crippen LogP contribution in [0.15, 0.2) is 24.5 Å². The highest BCUT2D eigenvalue weighted by Crippen LogP contribution is 1.98. The summed E-state index contributed by atoms with van der Waals surface area (Å²) < 4.78 is 0. The van der Waals surface area contributed by atoms with Gasteiger partial charge in [-0.1, -0.05) is 6.92 Å². The van der Waals surface area contributed by atoms with E-state index in [1.54, 1.807) is 17.3 Å². The Bertz CT molecular complexity index is 406. The van der Waals surface area contributed by atoms with Gasteiger partial charge in [-0.3, -0.25) is 14.6 Å². The molecule has 0 aliphatic rings. The second kappa shape index (κ2) is 8.24. The van der Waals surface area contributed by atoms with Crippen LogP contribution in [0.2, 0.25) is 0 Å². The zero-order chi connectivity index (χ0) is 14.1. The Morgan fingerprint density at radius 3 is 2.53 bits per heavy atom. The van der Waals surface area contributed by atoms with Crippen LogP contribution in [0, 0.1) is 0 Å². The lowest BCUT2D eigenvalue weighted by atomic mass is 10.2. The first-order valence-electron chi connectivity index (χ1n) is 6.54. The Hall–Kier alpha value is -1.91. The lowest BCUT2D eigenvalue weighted by Gasteiger charge is -2.19. The summed E-state index contributed by atoms with van der Waals surface area (Å²) in [6.07, 6.45) is 4.63. The van der Waals surface area contributed by atoms with Gasteiger partial charge in [0.15, 0.2) is 0 Å². The summed E-state index contributed by atoms with van der Waals surface area (Å²) >= 11 is 0. The Balaban J connectivity index is 2.29. The van der Waals surface area contributed by atoms with Crippen molar-refractivity contribution in [2.24, 2.45) is 0 Å². The van der Waals surface area contributed by atoms with E-state index in [1.165, 1.54) is 6.92 Å². The Morgan fingerprint density at radius 2 is 1.95 bits per heavy atom. The first-order valence-corrected chi connectivity index (χ1v) is 6.54. The van der Waals surface area contributed by atoms with Gasteiger partial charge in [-0.05, 0) is 24.1 Å². The number of pyridine rings is 1. The summed E-state index contributed by atoms with van der Waals surface area (Å²) in [5, 5.41) is 2.83. The van der Waals surface area contributed by atoms with Crippen molar-refractivity contribution in [3.8, 4) is 0 Å². The van der Waals surface area contributed by atoms with Gasteiger partial charge in [0.2, 0.25) is 11.8 Å². The summed E-state index contributed by atoms with van der Waals surface area (Å²) in [6.45, 7) is 5.22. The summed E-state index contributed by atoms with van der Waals surface area (Å²) in [4.78, 5) is 28.6. The average Bonchev–Trinajstić information content (AvgIpc) is 2.42. The molecule has 0 aromatic carbocycles. The molecule has 5 nitrogen and oxygen atoms in total. The molecule has 5 heteroatoms. The lowest BCUT2D eigenvalue weighted by molar-refractivity contribution is -0.129. The third kappa shape index (κ3) is 5.99. The van der Waals surface area contributed by atoms with Gasteiger partial charge in [0.1, 0.15) is 0 Å². The standard InChI is InChI=1S/C14H21N3O2/c1-3-9-17(12(2)18)10-6-14(19)16-11-13-4-7-15-8-5-13/h4-5,7-8H,3,6,9-11H2,1-2H3,(H,16,19). The van der Waals surface area contributed by atoms with E-state index in [4.69, 9.17) is 0 Å². The number of carbonyl (C=O) groups excluding carboxylic acids is 2. The summed E-state index contributed by atoms with van der Waals surface area (Å²) in [5.41, 5.74) is 1.01. The van der Waals surface area contributed by atoms with E-state index in [-0.39, 0.29) is 11.8 Å². The Kier molecular flexibility index (Phi) is 6.57. The molecule has 0 saturated carbocycles. The van der Waals surface area contributed by atoms with Gasteiger partial charge in [-0.2, -0.15) is 0 Å². The van der Waals surface area contributed by atoms with Gasteiger partial charge in [0, 0.05) is 45.4 Å². The molecule has 0 aliphatic carbocycles. The van der Waals surface area contributed by atoms with Crippen LogP contribution in [-0.2, 0) is 16.1 Å². The zero-order valence-electron chi connectivity index (χ0n) is 11.6. The molecule has 1 rings (SSSR count). The fourth-order valence-corrected chi connectivity index (χ4v) is 1.72. The summed E-state index contributed by atoms with van der Waals surface area (Å²) in [6, 6.07) is 3.72. The molecule has 0 radical (unpaired) electrons. The van der Waals surface area contributed by atoms with Gasteiger partial charge in [0.25, 0.3) is 0 Å². The largest absolute Gasteiger partial charge is 0.352 e. The van der Waals surface area contributed by atoms with Crippen LogP contribution in [0.4, 0.5) is 0 Å². The Morgan fingerprint density at radius 1 is 1.26 bits per heavy atom. The maximum Gasteiger partial charge on any atom is 0.222 e. The minimum absolute atomic E-state index is 0.0174. The number of hydrogen-bond acceptors (Lipinski definition) is 3. The number of hydrogen-bond donors (Lipinski definition) is 1. The monoisotopic (exact) mass is 263 g/mol. The van der Waals surface area contributed by atoms with Crippen molar-refractivity contribution in [2.75, 3.05) is 13.1 Å². The highest BCUT2D eigenvalue weighted by Gasteiger charge is 2.09. The molecule has 104 valence electrons. The molecule has 1 aromatic heterocycles. The minimum Gasteiger partial charge on any atom is -0.352 e. The molecule has 0 bridgehead atoms. The number of nitrogens with zero attached hydrogens (tertiary/aromatic N) is 2. The van der Waals surface area contributed by atoms with Crippen molar-refractivity contribution in [3.63, 3.8) is 0 Å². The van der Waals surface area contributed by atoms with Gasteiger partial charge in [-0.25, -0.2) is 0 Å². The van der Waals surface area contributed by atoms with E-state index in [0.29, 0.717) is 26.1 Å². The highest BCUT2D eigenvalue weighted by molar-refractivity contribution is 5.77. The van der Waals surface area contributed by atoms with Gasteiger partial charge >= 0.3 is 0 Å². The quantitative estimate of drug-likeness (QED) is 0.807. The Labute approximate surface area is 114 Å². The molecule has 1 heterocycles. The van der Waals surface area contributed by atoms with Crippen LogP contribution in [0.1, 0.15) is 32.3 Å². The SMILES string of the molecule is CCCN(CCC(=O)NCc1ccncc1)C(C)=O. The van der Waals surface area contributed by atoms with Crippen molar-refractivity contribution < 1.29 is 9.59 Å². The van der Waals surface area contributed by atoms with Crippen LogP contribution in [-0.4, -0.2) is 34.8 Å². The van der Waals surface area contributed by atoms with Crippen LogP contribution < -0.4 is 5.32 Å². The van der Waals surface area contributed by atoms with Gasteiger partial charge in [0.05, 0.1) is 0 Å². The van der Waals surface area contributed by atoms with Crippen molar-refractivity contribution in [1.82, 2.24) is 15.2 Å². The third-order valence-corrected chi connectivity index (χ3v) is 2.79. The molecule has 0 unspecified atom stereocenters. The molecule has 0 saturated heterocycles. The molecule has 0 atom stereocenters. The van der Waals surface area contributed by atoms with Crippen molar-refractivity contribution in [1.29, 1.82) is 0 Å². The fraction of sp³-hybridized carbons (Fsp3) is 0.500. The third-order valence-electron chi connectivity index (χ3n) is 2.79. The van der Waals surface area contributed by atoms with Crippen LogP contribution in [0.5, 0.6) is 0 Å². The predicted octanol–water partition coefficient (Wildman–Crippen LogP) is 1.35. The molecule has 19 heavy (non-hydrogen) atoms. The number of rotatable bonds is 7. The maximum atomic E-state index is 11.7. The summed E-state index contributed by atoms with van der Waals surface area (Å²) in [7, 11) is 0. The van der Waals surface area contributed by atoms with Gasteiger partial charge in [-0.15, -0.1) is 0 Å². The number of amides is 2. The van der Waals surface area contributed by atoms with Crippen LogP contribution >= 0.6 is 0 Å².